The van der Waals surface area contributed by atoms with E-state index in [-0.39, 0.29) is 0 Å². The highest BCUT2D eigenvalue weighted by atomic mass is 14.9. The van der Waals surface area contributed by atoms with E-state index in [1.807, 2.05) is 0 Å². The molecule has 0 aromatic rings. The Labute approximate surface area is 63.4 Å². The molecule has 1 saturated heterocycles. The molecule has 0 aromatic heterocycles. The fourth-order valence-corrected chi connectivity index (χ4v) is 1.44. The molecular formula is C8H18N2. The van der Waals surface area contributed by atoms with E-state index in [2.05, 4.69) is 17.6 Å². The fraction of sp³-hybridized carbons (Fsp3) is 1.00. The molecule has 0 aliphatic carbocycles. The zero-order chi connectivity index (χ0) is 7.23. The number of hydrogen-bond acceptors (Lipinski definition) is 2. The first-order chi connectivity index (χ1) is 4.93. The van der Waals surface area contributed by atoms with Crippen LogP contribution in [0.25, 0.3) is 0 Å². The predicted molar refractivity (Wildman–Crippen MR) is 44.1 cm³/mol. The summed E-state index contributed by atoms with van der Waals surface area (Å²) in [6, 6.07) is 0. The lowest BCUT2D eigenvalue weighted by Crippen LogP contribution is -2.18. The van der Waals surface area contributed by atoms with Gasteiger partial charge in [-0.2, -0.15) is 0 Å². The van der Waals surface area contributed by atoms with Gasteiger partial charge in [0.25, 0.3) is 0 Å². The number of hydrogen-bond donors (Lipinski definition) is 2. The Kier molecular flexibility index (Phi) is 3.76. The SMILES string of the molecule is CCNCCC1CCNC1. The molecule has 1 aliphatic heterocycles. The van der Waals surface area contributed by atoms with Crippen molar-refractivity contribution in [2.45, 2.75) is 19.8 Å². The van der Waals surface area contributed by atoms with Gasteiger partial charge in [-0.15, -0.1) is 0 Å². The number of nitrogens with one attached hydrogen (secondary N) is 2. The predicted octanol–water partition coefficient (Wildman–Crippen LogP) is 0.595. The van der Waals surface area contributed by atoms with Crippen molar-refractivity contribution in [3.63, 3.8) is 0 Å². The van der Waals surface area contributed by atoms with Crippen molar-refractivity contribution in [2.24, 2.45) is 5.92 Å². The summed E-state index contributed by atoms with van der Waals surface area (Å²) in [5, 5.41) is 6.72. The minimum atomic E-state index is 0.944. The first-order valence-electron chi connectivity index (χ1n) is 4.35. The van der Waals surface area contributed by atoms with Gasteiger partial charge < -0.3 is 10.6 Å². The van der Waals surface area contributed by atoms with Crippen LogP contribution in [-0.2, 0) is 0 Å². The molecule has 2 nitrogen and oxygen atoms in total. The van der Waals surface area contributed by atoms with E-state index in [4.69, 9.17) is 0 Å². The smallest absolute Gasteiger partial charge is 0.00196 e. The molecular weight excluding hydrogens is 124 g/mol. The van der Waals surface area contributed by atoms with Crippen LogP contribution in [0.5, 0.6) is 0 Å². The molecule has 0 spiro atoms. The normalized spacial score (nSPS) is 25.5. The van der Waals surface area contributed by atoms with Crippen molar-refractivity contribution in [2.75, 3.05) is 26.2 Å². The van der Waals surface area contributed by atoms with Crippen LogP contribution in [0, 0.1) is 5.92 Å². The summed E-state index contributed by atoms with van der Waals surface area (Å²) in [5.74, 6) is 0.944. The van der Waals surface area contributed by atoms with Gasteiger partial charge in [0.1, 0.15) is 0 Å². The van der Waals surface area contributed by atoms with E-state index in [1.165, 1.54) is 32.5 Å². The third-order valence-electron chi connectivity index (χ3n) is 2.14. The lowest BCUT2D eigenvalue weighted by Gasteiger charge is -2.06. The maximum atomic E-state index is 3.37. The zero-order valence-corrected chi connectivity index (χ0v) is 6.82. The summed E-state index contributed by atoms with van der Waals surface area (Å²) in [5.41, 5.74) is 0. The first-order valence-corrected chi connectivity index (χ1v) is 4.35. The second-order valence-corrected chi connectivity index (χ2v) is 3.00. The van der Waals surface area contributed by atoms with Crippen molar-refractivity contribution in [3.05, 3.63) is 0 Å². The molecule has 0 aromatic carbocycles. The maximum Gasteiger partial charge on any atom is -0.00196 e. The summed E-state index contributed by atoms with van der Waals surface area (Å²) in [4.78, 5) is 0. The lowest BCUT2D eigenvalue weighted by molar-refractivity contribution is 0.506. The van der Waals surface area contributed by atoms with Crippen molar-refractivity contribution < 1.29 is 0 Å². The van der Waals surface area contributed by atoms with Crippen LogP contribution >= 0.6 is 0 Å². The van der Waals surface area contributed by atoms with Crippen LogP contribution in [0.3, 0.4) is 0 Å². The molecule has 1 atom stereocenters. The van der Waals surface area contributed by atoms with Gasteiger partial charge in [-0.3, -0.25) is 0 Å². The summed E-state index contributed by atoms with van der Waals surface area (Å²) < 4.78 is 0. The first kappa shape index (κ1) is 8.02. The average molecular weight is 142 g/mol. The highest BCUT2D eigenvalue weighted by Crippen LogP contribution is 2.10. The van der Waals surface area contributed by atoms with Gasteiger partial charge >= 0.3 is 0 Å². The molecule has 0 bridgehead atoms. The lowest BCUT2D eigenvalue weighted by atomic mass is 10.1. The van der Waals surface area contributed by atoms with Crippen molar-refractivity contribution in [1.29, 1.82) is 0 Å². The second kappa shape index (κ2) is 4.69. The standard InChI is InChI=1S/C8H18N2/c1-2-9-5-3-8-4-6-10-7-8/h8-10H,2-7H2,1H3. The minimum absolute atomic E-state index is 0.944. The zero-order valence-electron chi connectivity index (χ0n) is 6.82. The van der Waals surface area contributed by atoms with Gasteiger partial charge in [0, 0.05) is 0 Å². The Morgan fingerprint density at radius 1 is 1.60 bits per heavy atom. The van der Waals surface area contributed by atoms with E-state index >= 15 is 0 Å². The van der Waals surface area contributed by atoms with Crippen LogP contribution in [0.15, 0.2) is 0 Å². The Balaban J connectivity index is 1.91. The van der Waals surface area contributed by atoms with E-state index < -0.39 is 0 Å². The molecule has 2 N–H and O–H groups in total. The summed E-state index contributed by atoms with van der Waals surface area (Å²) >= 11 is 0. The Bertz CT molecular complexity index is 77.3. The summed E-state index contributed by atoms with van der Waals surface area (Å²) in [6.07, 6.45) is 2.73. The van der Waals surface area contributed by atoms with Crippen LogP contribution in [0.1, 0.15) is 19.8 Å². The minimum Gasteiger partial charge on any atom is -0.317 e. The van der Waals surface area contributed by atoms with Gasteiger partial charge in [-0.1, -0.05) is 6.92 Å². The maximum absolute atomic E-state index is 3.37. The summed E-state index contributed by atoms with van der Waals surface area (Å²) in [6.45, 7) is 6.94. The van der Waals surface area contributed by atoms with Crippen molar-refractivity contribution in [1.82, 2.24) is 10.6 Å². The van der Waals surface area contributed by atoms with Crippen molar-refractivity contribution in [3.8, 4) is 0 Å². The van der Waals surface area contributed by atoms with Gasteiger partial charge in [-0.05, 0) is 44.9 Å². The third-order valence-corrected chi connectivity index (χ3v) is 2.14. The highest BCUT2D eigenvalue weighted by molar-refractivity contribution is 4.71. The van der Waals surface area contributed by atoms with Crippen molar-refractivity contribution >= 4 is 0 Å². The molecule has 1 fully saturated rings. The number of rotatable bonds is 4. The second-order valence-electron chi connectivity index (χ2n) is 3.00. The van der Waals surface area contributed by atoms with E-state index in [0.717, 1.165) is 12.5 Å². The molecule has 2 heteroatoms. The Hall–Kier alpha value is -0.0800. The quantitative estimate of drug-likeness (QED) is 0.562. The van der Waals surface area contributed by atoms with E-state index in [0.29, 0.717) is 0 Å². The van der Waals surface area contributed by atoms with Crippen LogP contribution < -0.4 is 10.6 Å². The Morgan fingerprint density at radius 3 is 3.10 bits per heavy atom. The molecule has 60 valence electrons. The monoisotopic (exact) mass is 142 g/mol. The summed E-state index contributed by atoms with van der Waals surface area (Å²) in [7, 11) is 0. The topological polar surface area (TPSA) is 24.1 Å². The largest absolute Gasteiger partial charge is 0.317 e. The molecule has 1 aliphatic rings. The molecule has 1 heterocycles. The van der Waals surface area contributed by atoms with Gasteiger partial charge in [0.2, 0.25) is 0 Å². The molecule has 0 saturated carbocycles. The van der Waals surface area contributed by atoms with Crippen LogP contribution in [-0.4, -0.2) is 26.2 Å². The van der Waals surface area contributed by atoms with Crippen LogP contribution in [0.2, 0.25) is 0 Å². The van der Waals surface area contributed by atoms with E-state index in [1.54, 1.807) is 0 Å². The molecule has 1 unspecified atom stereocenters. The highest BCUT2D eigenvalue weighted by Gasteiger charge is 2.12. The van der Waals surface area contributed by atoms with E-state index in [9.17, 15) is 0 Å². The van der Waals surface area contributed by atoms with Gasteiger partial charge in [0.05, 0.1) is 0 Å². The third kappa shape index (κ3) is 2.67. The van der Waals surface area contributed by atoms with Crippen LogP contribution in [0.4, 0.5) is 0 Å². The molecule has 0 radical (unpaired) electrons. The van der Waals surface area contributed by atoms with Gasteiger partial charge in [0.15, 0.2) is 0 Å². The fourth-order valence-electron chi connectivity index (χ4n) is 1.44. The van der Waals surface area contributed by atoms with Gasteiger partial charge in [-0.25, -0.2) is 0 Å². The Morgan fingerprint density at radius 2 is 2.50 bits per heavy atom. The average Bonchev–Trinajstić information content (AvgIpc) is 2.41. The molecule has 1 rings (SSSR count). The molecule has 10 heavy (non-hydrogen) atoms. The molecule has 0 amide bonds.